The molecule has 1 aromatic carbocycles. The van der Waals surface area contributed by atoms with Gasteiger partial charge in [-0.3, -0.25) is 4.79 Å². The second kappa shape index (κ2) is 7.32. The number of hydrogen-bond acceptors (Lipinski definition) is 2. The van der Waals surface area contributed by atoms with Crippen molar-refractivity contribution in [2.75, 3.05) is 12.4 Å². The predicted octanol–water partition coefficient (Wildman–Crippen LogP) is 3.36. The maximum Gasteiger partial charge on any atom is 0.224 e. The first-order valence-corrected chi connectivity index (χ1v) is 7.77. The minimum Gasteiger partial charge on any atom is -0.382 e. The molecule has 1 aliphatic carbocycles. The summed E-state index contributed by atoms with van der Waals surface area (Å²) < 4.78 is 0. The number of anilines is 1. The van der Waals surface area contributed by atoms with Crippen molar-refractivity contribution < 1.29 is 4.79 Å². The van der Waals surface area contributed by atoms with Gasteiger partial charge in [0.15, 0.2) is 0 Å². The maximum atomic E-state index is 11.3. The molecule has 2 rings (SSSR count). The largest absolute Gasteiger partial charge is 0.382 e. The molecule has 0 spiro atoms. The van der Waals surface area contributed by atoms with Crippen LogP contribution in [-0.2, 0) is 11.2 Å². The molecule has 1 aromatic rings. The molecule has 1 aliphatic rings. The second-order valence-electron chi connectivity index (χ2n) is 5.83. The van der Waals surface area contributed by atoms with Gasteiger partial charge in [-0.25, -0.2) is 0 Å². The summed E-state index contributed by atoms with van der Waals surface area (Å²) in [7, 11) is 1.67. The van der Waals surface area contributed by atoms with Crippen LogP contribution in [0.2, 0.25) is 0 Å². The van der Waals surface area contributed by atoms with E-state index in [0.29, 0.717) is 12.5 Å². The van der Waals surface area contributed by atoms with E-state index in [1.54, 1.807) is 7.05 Å². The SMILES string of the molecule is CCC1CCCC(Nc2ccc(CC(=O)NC)cc2)C1. The van der Waals surface area contributed by atoms with Crippen LogP contribution in [0.25, 0.3) is 0 Å². The van der Waals surface area contributed by atoms with Gasteiger partial charge in [0.2, 0.25) is 5.91 Å². The van der Waals surface area contributed by atoms with Crippen molar-refractivity contribution in [3.8, 4) is 0 Å². The Kier molecular flexibility index (Phi) is 5.45. The second-order valence-corrected chi connectivity index (χ2v) is 5.83. The number of amides is 1. The van der Waals surface area contributed by atoms with E-state index < -0.39 is 0 Å². The lowest BCUT2D eigenvalue weighted by Crippen LogP contribution is -2.27. The smallest absolute Gasteiger partial charge is 0.224 e. The van der Waals surface area contributed by atoms with Crippen LogP contribution in [0.4, 0.5) is 5.69 Å². The van der Waals surface area contributed by atoms with Crippen LogP contribution in [0.5, 0.6) is 0 Å². The van der Waals surface area contributed by atoms with Gasteiger partial charge >= 0.3 is 0 Å². The highest BCUT2D eigenvalue weighted by Gasteiger charge is 2.20. The molecule has 2 atom stereocenters. The molecule has 0 bridgehead atoms. The zero-order valence-corrected chi connectivity index (χ0v) is 12.6. The van der Waals surface area contributed by atoms with E-state index in [9.17, 15) is 4.79 Å². The number of rotatable bonds is 5. The Hall–Kier alpha value is -1.51. The number of nitrogens with one attached hydrogen (secondary N) is 2. The van der Waals surface area contributed by atoms with Crippen LogP contribution in [-0.4, -0.2) is 19.0 Å². The van der Waals surface area contributed by atoms with Crippen molar-refractivity contribution in [3.05, 3.63) is 29.8 Å². The molecule has 1 saturated carbocycles. The van der Waals surface area contributed by atoms with E-state index in [1.165, 1.54) is 37.8 Å². The highest BCUT2D eigenvalue weighted by atomic mass is 16.1. The zero-order valence-electron chi connectivity index (χ0n) is 12.6. The van der Waals surface area contributed by atoms with Gasteiger partial charge in [0, 0.05) is 18.8 Å². The number of benzene rings is 1. The van der Waals surface area contributed by atoms with Gasteiger partial charge in [0.25, 0.3) is 0 Å². The van der Waals surface area contributed by atoms with Gasteiger partial charge in [-0.05, 0) is 36.5 Å². The number of carbonyl (C=O) groups is 1. The lowest BCUT2D eigenvalue weighted by atomic mass is 9.84. The van der Waals surface area contributed by atoms with Crippen molar-refractivity contribution in [3.63, 3.8) is 0 Å². The van der Waals surface area contributed by atoms with Crippen molar-refractivity contribution >= 4 is 11.6 Å². The molecule has 1 amide bonds. The fraction of sp³-hybridized carbons (Fsp3) is 0.588. The van der Waals surface area contributed by atoms with Crippen LogP contribution < -0.4 is 10.6 Å². The van der Waals surface area contributed by atoms with Crippen molar-refractivity contribution in [1.82, 2.24) is 5.32 Å². The molecule has 2 N–H and O–H groups in total. The molecule has 2 unspecified atom stereocenters. The Labute approximate surface area is 122 Å². The molecule has 110 valence electrons. The summed E-state index contributed by atoms with van der Waals surface area (Å²) in [5.74, 6) is 0.942. The molecule has 0 heterocycles. The van der Waals surface area contributed by atoms with Gasteiger partial charge in [-0.1, -0.05) is 38.3 Å². The number of carbonyl (C=O) groups excluding carboxylic acids is 1. The van der Waals surface area contributed by atoms with E-state index in [-0.39, 0.29) is 5.91 Å². The Morgan fingerprint density at radius 3 is 2.65 bits per heavy atom. The van der Waals surface area contributed by atoms with Gasteiger partial charge in [0.05, 0.1) is 6.42 Å². The third kappa shape index (κ3) is 4.26. The van der Waals surface area contributed by atoms with E-state index >= 15 is 0 Å². The summed E-state index contributed by atoms with van der Waals surface area (Å²) in [4.78, 5) is 11.3. The number of likely N-dealkylation sites (N-methyl/N-ethyl adjacent to an activating group) is 1. The van der Waals surface area contributed by atoms with Gasteiger partial charge < -0.3 is 10.6 Å². The summed E-state index contributed by atoms with van der Waals surface area (Å²) in [5.41, 5.74) is 2.23. The van der Waals surface area contributed by atoms with Crippen LogP contribution in [0, 0.1) is 5.92 Å². The first kappa shape index (κ1) is 14.9. The quantitative estimate of drug-likeness (QED) is 0.864. The topological polar surface area (TPSA) is 41.1 Å². The maximum absolute atomic E-state index is 11.3. The third-order valence-corrected chi connectivity index (χ3v) is 4.33. The van der Waals surface area contributed by atoms with E-state index in [4.69, 9.17) is 0 Å². The van der Waals surface area contributed by atoms with Gasteiger partial charge in [-0.15, -0.1) is 0 Å². The Morgan fingerprint density at radius 2 is 2.00 bits per heavy atom. The summed E-state index contributed by atoms with van der Waals surface area (Å²) in [6.45, 7) is 2.29. The summed E-state index contributed by atoms with van der Waals surface area (Å²) in [6, 6.07) is 8.87. The first-order valence-electron chi connectivity index (χ1n) is 7.77. The number of hydrogen-bond donors (Lipinski definition) is 2. The van der Waals surface area contributed by atoms with Crippen LogP contribution in [0.15, 0.2) is 24.3 Å². The van der Waals surface area contributed by atoms with Crippen LogP contribution >= 0.6 is 0 Å². The van der Waals surface area contributed by atoms with Crippen molar-refractivity contribution in [2.24, 2.45) is 5.92 Å². The van der Waals surface area contributed by atoms with E-state index in [0.717, 1.165) is 11.5 Å². The lowest BCUT2D eigenvalue weighted by molar-refractivity contribution is -0.119. The monoisotopic (exact) mass is 274 g/mol. The minimum absolute atomic E-state index is 0.0591. The molecule has 1 fully saturated rings. The Bertz CT molecular complexity index is 427. The molecule has 0 aliphatic heterocycles. The average Bonchev–Trinajstić information content (AvgIpc) is 2.49. The zero-order chi connectivity index (χ0) is 14.4. The highest BCUT2D eigenvalue weighted by molar-refractivity contribution is 5.78. The fourth-order valence-corrected chi connectivity index (χ4v) is 3.02. The van der Waals surface area contributed by atoms with E-state index in [2.05, 4.69) is 29.7 Å². The summed E-state index contributed by atoms with van der Waals surface area (Å²) >= 11 is 0. The molecule has 20 heavy (non-hydrogen) atoms. The molecular weight excluding hydrogens is 248 g/mol. The molecule has 3 heteroatoms. The summed E-state index contributed by atoms with van der Waals surface area (Å²) in [5, 5.41) is 6.29. The minimum atomic E-state index is 0.0591. The Balaban J connectivity index is 1.88. The summed E-state index contributed by atoms with van der Waals surface area (Å²) in [6.07, 6.45) is 7.04. The molecular formula is C17H26N2O. The molecule has 0 radical (unpaired) electrons. The Morgan fingerprint density at radius 1 is 1.25 bits per heavy atom. The predicted molar refractivity (Wildman–Crippen MR) is 83.9 cm³/mol. The van der Waals surface area contributed by atoms with Crippen molar-refractivity contribution in [1.29, 1.82) is 0 Å². The highest BCUT2D eigenvalue weighted by Crippen LogP contribution is 2.28. The van der Waals surface area contributed by atoms with Crippen LogP contribution in [0.1, 0.15) is 44.6 Å². The molecule has 0 saturated heterocycles. The fourth-order valence-electron chi connectivity index (χ4n) is 3.02. The average molecular weight is 274 g/mol. The molecule has 0 aromatic heterocycles. The van der Waals surface area contributed by atoms with Gasteiger partial charge in [-0.2, -0.15) is 0 Å². The molecule has 3 nitrogen and oxygen atoms in total. The first-order chi connectivity index (χ1) is 9.71. The van der Waals surface area contributed by atoms with Gasteiger partial charge in [0.1, 0.15) is 0 Å². The van der Waals surface area contributed by atoms with Crippen LogP contribution in [0.3, 0.4) is 0 Å². The normalized spacial score (nSPS) is 22.3. The standard InChI is InChI=1S/C17H26N2O/c1-3-13-5-4-6-16(11-13)19-15-9-7-14(8-10-15)12-17(20)18-2/h7-10,13,16,19H,3-6,11-12H2,1-2H3,(H,18,20). The third-order valence-electron chi connectivity index (χ3n) is 4.33. The van der Waals surface area contributed by atoms with E-state index in [1.807, 2.05) is 12.1 Å². The lowest BCUT2D eigenvalue weighted by Gasteiger charge is -2.29. The van der Waals surface area contributed by atoms with Crippen molar-refractivity contribution in [2.45, 2.75) is 51.5 Å².